The van der Waals surface area contributed by atoms with Crippen molar-refractivity contribution in [2.24, 2.45) is 7.05 Å². The van der Waals surface area contributed by atoms with Gasteiger partial charge in [-0.2, -0.15) is 5.10 Å². The van der Waals surface area contributed by atoms with Crippen molar-refractivity contribution in [3.63, 3.8) is 0 Å². The number of aromatic nitrogens is 4. The SMILES string of the molecule is COc1ccc(Nc2cc3c(cn2)cc(-c2cnn(C)c2)n3Cc2ccccc2)c(OC)c1. The first-order valence-corrected chi connectivity index (χ1v) is 10.7. The van der Waals surface area contributed by atoms with Crippen LogP contribution in [0.5, 0.6) is 11.5 Å². The molecule has 5 rings (SSSR count). The number of fused-ring (bicyclic) bond motifs is 1. The maximum Gasteiger partial charge on any atom is 0.146 e. The minimum Gasteiger partial charge on any atom is -0.497 e. The van der Waals surface area contributed by atoms with Gasteiger partial charge < -0.3 is 19.4 Å². The quantitative estimate of drug-likeness (QED) is 0.375. The highest BCUT2D eigenvalue weighted by atomic mass is 16.5. The number of pyridine rings is 1. The van der Waals surface area contributed by atoms with Crippen LogP contribution in [0.25, 0.3) is 22.2 Å². The van der Waals surface area contributed by atoms with E-state index < -0.39 is 0 Å². The lowest BCUT2D eigenvalue weighted by Crippen LogP contribution is -2.02. The summed E-state index contributed by atoms with van der Waals surface area (Å²) in [4.78, 5) is 4.65. The molecule has 0 saturated carbocycles. The van der Waals surface area contributed by atoms with Crippen LogP contribution < -0.4 is 14.8 Å². The average Bonchev–Trinajstić information content (AvgIpc) is 3.43. The number of aryl methyl sites for hydroxylation is 1. The van der Waals surface area contributed by atoms with Crippen LogP contribution in [-0.4, -0.2) is 33.6 Å². The van der Waals surface area contributed by atoms with Gasteiger partial charge in [0.1, 0.15) is 17.3 Å². The van der Waals surface area contributed by atoms with Crippen molar-refractivity contribution in [2.75, 3.05) is 19.5 Å². The molecule has 7 nitrogen and oxygen atoms in total. The Balaban J connectivity index is 1.59. The largest absolute Gasteiger partial charge is 0.497 e. The Hall–Kier alpha value is -4.26. The minimum absolute atomic E-state index is 0.687. The zero-order valence-corrected chi connectivity index (χ0v) is 18.8. The molecule has 3 heterocycles. The molecule has 0 aliphatic rings. The first kappa shape index (κ1) is 20.6. The molecule has 1 N–H and O–H groups in total. The number of methoxy groups -OCH3 is 2. The molecule has 0 unspecified atom stereocenters. The molecule has 0 amide bonds. The van der Waals surface area contributed by atoms with Crippen LogP contribution in [-0.2, 0) is 13.6 Å². The van der Waals surface area contributed by atoms with E-state index in [1.165, 1.54) is 5.56 Å². The standard InChI is InChI=1S/C26H25N5O2/c1-30-17-20(15-28-30)23-11-19-14-27-26(29-22-10-9-21(32-2)12-25(22)33-3)13-24(19)31(23)16-18-7-5-4-6-8-18/h4-15,17H,16H2,1-3H3,(H,27,29). The smallest absolute Gasteiger partial charge is 0.146 e. The van der Waals surface area contributed by atoms with Gasteiger partial charge >= 0.3 is 0 Å². The molecule has 0 bridgehead atoms. The van der Waals surface area contributed by atoms with Crippen molar-refractivity contribution < 1.29 is 9.47 Å². The number of ether oxygens (including phenoxy) is 2. The van der Waals surface area contributed by atoms with Gasteiger partial charge in [-0.15, -0.1) is 0 Å². The van der Waals surface area contributed by atoms with E-state index in [1.54, 1.807) is 14.2 Å². The molecule has 0 radical (unpaired) electrons. The lowest BCUT2D eigenvalue weighted by atomic mass is 10.2. The lowest BCUT2D eigenvalue weighted by molar-refractivity contribution is 0.395. The predicted molar refractivity (Wildman–Crippen MR) is 130 cm³/mol. The molecular formula is C26H25N5O2. The number of nitrogens with one attached hydrogen (secondary N) is 1. The topological polar surface area (TPSA) is 66.1 Å². The molecular weight excluding hydrogens is 414 g/mol. The van der Waals surface area contributed by atoms with Gasteiger partial charge in [0.25, 0.3) is 0 Å². The van der Waals surface area contributed by atoms with E-state index >= 15 is 0 Å². The molecule has 5 aromatic rings. The Bertz CT molecular complexity index is 1410. The summed E-state index contributed by atoms with van der Waals surface area (Å²) in [5, 5.41) is 8.83. The van der Waals surface area contributed by atoms with Crippen LogP contribution >= 0.6 is 0 Å². The summed E-state index contributed by atoms with van der Waals surface area (Å²) in [6, 6.07) is 20.3. The Morgan fingerprint density at radius 2 is 1.79 bits per heavy atom. The Morgan fingerprint density at radius 3 is 2.52 bits per heavy atom. The molecule has 2 aromatic carbocycles. The summed E-state index contributed by atoms with van der Waals surface area (Å²) in [5.41, 5.74) is 5.30. The van der Waals surface area contributed by atoms with Crippen molar-refractivity contribution in [1.82, 2.24) is 19.3 Å². The van der Waals surface area contributed by atoms with Crippen LogP contribution in [0.4, 0.5) is 11.5 Å². The van der Waals surface area contributed by atoms with Crippen molar-refractivity contribution in [3.05, 3.63) is 84.8 Å². The maximum absolute atomic E-state index is 5.53. The van der Waals surface area contributed by atoms with Gasteiger partial charge in [0, 0.05) is 49.1 Å². The van der Waals surface area contributed by atoms with E-state index in [0.717, 1.165) is 46.0 Å². The first-order valence-electron chi connectivity index (χ1n) is 10.7. The molecule has 166 valence electrons. The van der Waals surface area contributed by atoms with Crippen LogP contribution in [0.3, 0.4) is 0 Å². The van der Waals surface area contributed by atoms with Gasteiger partial charge in [0.05, 0.1) is 37.3 Å². The molecule has 0 saturated heterocycles. The number of anilines is 2. The van der Waals surface area contributed by atoms with E-state index in [2.05, 4.69) is 56.4 Å². The molecule has 3 aromatic heterocycles. The summed E-state index contributed by atoms with van der Waals surface area (Å²) in [5.74, 6) is 2.15. The van der Waals surface area contributed by atoms with Crippen molar-refractivity contribution in [3.8, 4) is 22.8 Å². The van der Waals surface area contributed by atoms with Crippen LogP contribution in [0.1, 0.15) is 5.56 Å². The third kappa shape index (κ3) is 4.13. The van der Waals surface area contributed by atoms with Gasteiger partial charge in [-0.1, -0.05) is 30.3 Å². The van der Waals surface area contributed by atoms with Crippen LogP contribution in [0.15, 0.2) is 79.3 Å². The van der Waals surface area contributed by atoms with Crippen LogP contribution in [0.2, 0.25) is 0 Å². The van der Waals surface area contributed by atoms with Crippen molar-refractivity contribution >= 4 is 22.4 Å². The molecule has 0 aliphatic carbocycles. The summed E-state index contributed by atoms with van der Waals surface area (Å²) in [6.45, 7) is 0.740. The van der Waals surface area contributed by atoms with Crippen molar-refractivity contribution in [2.45, 2.75) is 6.54 Å². The number of hydrogen-bond donors (Lipinski definition) is 1. The van der Waals surface area contributed by atoms with Crippen molar-refractivity contribution in [1.29, 1.82) is 0 Å². The molecule has 7 heteroatoms. The molecule has 0 spiro atoms. The number of nitrogens with zero attached hydrogens (tertiary/aromatic N) is 4. The Morgan fingerprint density at radius 1 is 0.939 bits per heavy atom. The summed E-state index contributed by atoms with van der Waals surface area (Å²) in [6.07, 6.45) is 5.82. The predicted octanol–water partition coefficient (Wildman–Crippen LogP) is 5.25. The van der Waals surface area contributed by atoms with E-state index in [0.29, 0.717) is 5.75 Å². The van der Waals surface area contributed by atoms with Gasteiger partial charge in [0.2, 0.25) is 0 Å². The summed E-state index contributed by atoms with van der Waals surface area (Å²) >= 11 is 0. The number of benzene rings is 2. The highest BCUT2D eigenvalue weighted by Gasteiger charge is 2.15. The monoisotopic (exact) mass is 439 g/mol. The normalized spacial score (nSPS) is 11.0. The second-order valence-electron chi connectivity index (χ2n) is 7.82. The third-order valence-corrected chi connectivity index (χ3v) is 5.64. The van der Waals surface area contributed by atoms with E-state index in [-0.39, 0.29) is 0 Å². The fourth-order valence-electron chi connectivity index (χ4n) is 3.99. The van der Waals surface area contributed by atoms with E-state index in [1.807, 2.05) is 54.6 Å². The zero-order valence-electron chi connectivity index (χ0n) is 18.8. The zero-order chi connectivity index (χ0) is 22.8. The van der Waals surface area contributed by atoms with Gasteiger partial charge in [0.15, 0.2) is 0 Å². The highest BCUT2D eigenvalue weighted by molar-refractivity contribution is 5.88. The van der Waals surface area contributed by atoms with Crippen LogP contribution in [0, 0.1) is 0 Å². The molecule has 0 aliphatic heterocycles. The second kappa shape index (κ2) is 8.70. The van der Waals surface area contributed by atoms with Gasteiger partial charge in [-0.05, 0) is 23.8 Å². The van der Waals surface area contributed by atoms with E-state index in [4.69, 9.17) is 9.47 Å². The van der Waals surface area contributed by atoms with E-state index in [9.17, 15) is 0 Å². The van der Waals surface area contributed by atoms with Gasteiger partial charge in [-0.25, -0.2) is 4.98 Å². The minimum atomic E-state index is 0.687. The second-order valence-corrected chi connectivity index (χ2v) is 7.82. The number of rotatable bonds is 7. The summed E-state index contributed by atoms with van der Waals surface area (Å²) < 4.78 is 15.0. The Kier molecular flexibility index (Phi) is 5.44. The van der Waals surface area contributed by atoms with Gasteiger partial charge in [-0.3, -0.25) is 4.68 Å². The average molecular weight is 440 g/mol. The Labute approximate surface area is 192 Å². The molecule has 0 fully saturated rings. The fourth-order valence-corrected chi connectivity index (χ4v) is 3.99. The molecule has 33 heavy (non-hydrogen) atoms. The lowest BCUT2D eigenvalue weighted by Gasteiger charge is -2.13. The first-order chi connectivity index (χ1) is 16.1. The fraction of sp³-hybridized carbons (Fsp3) is 0.154. The highest BCUT2D eigenvalue weighted by Crippen LogP contribution is 2.33. The number of hydrogen-bond acceptors (Lipinski definition) is 5. The third-order valence-electron chi connectivity index (χ3n) is 5.64. The maximum atomic E-state index is 5.53. The molecule has 0 atom stereocenters. The summed E-state index contributed by atoms with van der Waals surface area (Å²) in [7, 11) is 5.21.